The second kappa shape index (κ2) is 9.80. The Kier molecular flexibility index (Phi) is 7.45. The molecule has 0 aliphatic heterocycles. The van der Waals surface area contributed by atoms with Crippen LogP contribution in [-0.2, 0) is 9.53 Å². The summed E-state index contributed by atoms with van der Waals surface area (Å²) in [7, 11) is 1.41. The molecule has 0 bridgehead atoms. The van der Waals surface area contributed by atoms with E-state index in [1.54, 1.807) is 0 Å². The third kappa shape index (κ3) is 5.75. The lowest BCUT2D eigenvalue weighted by atomic mass is 10.2. The number of methoxy groups -OCH3 is 1. The largest absolute Gasteiger partial charge is 0.493 e. The van der Waals surface area contributed by atoms with Gasteiger partial charge in [-0.2, -0.15) is 0 Å². The lowest BCUT2D eigenvalue weighted by Gasteiger charge is -2.15. The Labute approximate surface area is 166 Å². The maximum atomic E-state index is 12.2. The van der Waals surface area contributed by atoms with Crippen LogP contribution in [0.4, 0.5) is 0 Å². The predicted molar refractivity (Wildman–Crippen MR) is 99.8 cm³/mol. The molecule has 1 heterocycles. The average Bonchev–Trinajstić information content (AvgIpc) is 3.19. The van der Waals surface area contributed by atoms with Gasteiger partial charge in [0.2, 0.25) is 0 Å². The van der Waals surface area contributed by atoms with Crippen LogP contribution in [0.25, 0.3) is 0 Å². The summed E-state index contributed by atoms with van der Waals surface area (Å²) < 4.78 is 20.6. The summed E-state index contributed by atoms with van der Waals surface area (Å²) in [6.07, 6.45) is 1.30. The number of hydrogen-bond donors (Lipinski definition) is 1. The predicted octanol–water partition coefficient (Wildman–Crippen LogP) is 3.09. The number of benzene rings is 1. The second-order valence-corrected chi connectivity index (χ2v) is 6.53. The van der Waals surface area contributed by atoms with Gasteiger partial charge in [-0.3, -0.25) is 14.9 Å². The third-order valence-electron chi connectivity index (χ3n) is 3.36. The van der Waals surface area contributed by atoms with E-state index in [0.717, 1.165) is 0 Å². The number of amides is 2. The van der Waals surface area contributed by atoms with Crippen molar-refractivity contribution in [2.45, 2.75) is 13.8 Å². The highest BCUT2D eigenvalue weighted by Crippen LogP contribution is 2.36. The van der Waals surface area contributed by atoms with Gasteiger partial charge in [0.25, 0.3) is 11.8 Å². The molecule has 0 saturated carbocycles. The molecule has 150 valence electrons. The van der Waals surface area contributed by atoms with Crippen molar-refractivity contribution in [1.29, 1.82) is 0 Å². The molecule has 2 rings (SSSR count). The topological polar surface area (TPSA) is 104 Å². The minimum absolute atomic E-state index is 0.0341. The molecule has 2 aromatic rings. The molecule has 0 aliphatic rings. The van der Waals surface area contributed by atoms with Crippen molar-refractivity contribution in [1.82, 2.24) is 5.32 Å². The van der Waals surface area contributed by atoms with Crippen LogP contribution in [-0.4, -0.2) is 38.1 Å². The number of furan rings is 1. The molecule has 28 heavy (non-hydrogen) atoms. The highest BCUT2D eigenvalue weighted by atomic mass is 35.5. The van der Waals surface area contributed by atoms with Crippen molar-refractivity contribution in [2.75, 3.05) is 20.3 Å². The van der Waals surface area contributed by atoms with Crippen LogP contribution in [0.2, 0.25) is 5.02 Å². The molecule has 1 aromatic heterocycles. The van der Waals surface area contributed by atoms with Gasteiger partial charge in [-0.15, -0.1) is 0 Å². The van der Waals surface area contributed by atoms with Crippen molar-refractivity contribution in [3.05, 3.63) is 46.9 Å². The molecule has 9 heteroatoms. The fourth-order valence-corrected chi connectivity index (χ4v) is 2.34. The highest BCUT2D eigenvalue weighted by molar-refractivity contribution is 6.32. The van der Waals surface area contributed by atoms with E-state index in [9.17, 15) is 14.4 Å². The number of imide groups is 1. The fourth-order valence-electron chi connectivity index (χ4n) is 2.07. The molecule has 0 saturated heterocycles. The number of ether oxygens (including phenoxy) is 3. The zero-order valence-corrected chi connectivity index (χ0v) is 16.4. The first kappa shape index (κ1) is 21.3. The minimum atomic E-state index is -0.809. The SMILES string of the molecule is COc1cc(C(=O)OCC(=O)NC(=O)c2ccco2)cc(Cl)c1OCC(C)C. The zero-order valence-electron chi connectivity index (χ0n) is 15.6. The Morgan fingerprint density at radius 3 is 2.61 bits per heavy atom. The first-order valence-electron chi connectivity index (χ1n) is 8.37. The number of hydrogen-bond acceptors (Lipinski definition) is 7. The zero-order chi connectivity index (χ0) is 20.7. The van der Waals surface area contributed by atoms with E-state index in [4.69, 9.17) is 30.2 Å². The Balaban J connectivity index is 1.98. The van der Waals surface area contributed by atoms with E-state index in [2.05, 4.69) is 0 Å². The van der Waals surface area contributed by atoms with Gasteiger partial charge in [0.15, 0.2) is 23.9 Å². The summed E-state index contributed by atoms with van der Waals surface area (Å²) in [6, 6.07) is 5.65. The van der Waals surface area contributed by atoms with Gasteiger partial charge in [-0.05, 0) is 30.2 Å². The molecular formula is C19H20ClNO7. The molecule has 8 nitrogen and oxygen atoms in total. The van der Waals surface area contributed by atoms with Crippen LogP contribution in [0.3, 0.4) is 0 Å². The van der Waals surface area contributed by atoms with E-state index < -0.39 is 24.4 Å². The van der Waals surface area contributed by atoms with Crippen molar-refractivity contribution in [3.63, 3.8) is 0 Å². The van der Waals surface area contributed by atoms with Crippen molar-refractivity contribution in [3.8, 4) is 11.5 Å². The summed E-state index contributed by atoms with van der Waals surface area (Å²) in [4.78, 5) is 35.6. The minimum Gasteiger partial charge on any atom is -0.493 e. The Bertz CT molecular complexity index is 846. The highest BCUT2D eigenvalue weighted by Gasteiger charge is 2.19. The van der Waals surface area contributed by atoms with Gasteiger partial charge in [0, 0.05) is 0 Å². The molecule has 1 N–H and O–H groups in total. The number of carbonyl (C=O) groups is 3. The monoisotopic (exact) mass is 409 g/mol. The number of carbonyl (C=O) groups excluding carboxylic acids is 3. The molecule has 1 aromatic carbocycles. The van der Waals surface area contributed by atoms with E-state index in [0.29, 0.717) is 12.4 Å². The molecule has 0 radical (unpaired) electrons. The van der Waals surface area contributed by atoms with Crippen LogP contribution in [0.15, 0.2) is 34.9 Å². The summed E-state index contributed by atoms with van der Waals surface area (Å²) in [5.74, 6) is -1.53. The third-order valence-corrected chi connectivity index (χ3v) is 3.64. The number of nitrogens with one attached hydrogen (secondary N) is 1. The maximum absolute atomic E-state index is 12.2. The van der Waals surface area contributed by atoms with Gasteiger partial charge >= 0.3 is 5.97 Å². The normalized spacial score (nSPS) is 10.5. The maximum Gasteiger partial charge on any atom is 0.338 e. The van der Waals surface area contributed by atoms with E-state index >= 15 is 0 Å². The van der Waals surface area contributed by atoms with Crippen LogP contribution < -0.4 is 14.8 Å². The summed E-state index contributed by atoms with van der Waals surface area (Å²) in [6.45, 7) is 3.72. The molecule has 0 fully saturated rings. The molecule has 0 unspecified atom stereocenters. The van der Waals surface area contributed by atoms with Gasteiger partial charge < -0.3 is 18.6 Å². The number of esters is 1. The van der Waals surface area contributed by atoms with Crippen molar-refractivity contribution >= 4 is 29.4 Å². The quantitative estimate of drug-likeness (QED) is 0.668. The first-order chi connectivity index (χ1) is 13.3. The Hall–Kier alpha value is -3.00. The molecule has 0 aliphatic carbocycles. The smallest absolute Gasteiger partial charge is 0.338 e. The summed E-state index contributed by atoms with van der Waals surface area (Å²) in [5.41, 5.74) is 0.0731. The lowest BCUT2D eigenvalue weighted by Crippen LogP contribution is -2.34. The van der Waals surface area contributed by atoms with Crippen molar-refractivity contribution in [2.24, 2.45) is 5.92 Å². The summed E-state index contributed by atoms with van der Waals surface area (Å²) in [5, 5.41) is 2.21. The Morgan fingerprint density at radius 1 is 1.25 bits per heavy atom. The first-order valence-corrected chi connectivity index (χ1v) is 8.74. The standard InChI is InChI=1S/C19H20ClNO7/c1-11(2)9-27-17-13(20)7-12(8-15(17)25-3)19(24)28-10-16(22)21-18(23)14-5-4-6-26-14/h4-8,11H,9-10H2,1-3H3,(H,21,22,23). The van der Waals surface area contributed by atoms with E-state index in [1.807, 2.05) is 19.2 Å². The van der Waals surface area contributed by atoms with E-state index in [-0.39, 0.29) is 28.0 Å². The molecule has 0 spiro atoms. The fraction of sp³-hybridized carbons (Fsp3) is 0.316. The van der Waals surface area contributed by atoms with Gasteiger partial charge in [0.05, 0.1) is 30.6 Å². The van der Waals surface area contributed by atoms with E-state index in [1.165, 1.54) is 37.6 Å². The Morgan fingerprint density at radius 2 is 2.00 bits per heavy atom. The average molecular weight is 410 g/mol. The molecular weight excluding hydrogens is 390 g/mol. The molecule has 2 amide bonds. The number of rotatable bonds is 8. The van der Waals surface area contributed by atoms with Gasteiger partial charge in [-0.25, -0.2) is 4.79 Å². The molecule has 0 atom stereocenters. The van der Waals surface area contributed by atoms with Gasteiger partial charge in [-0.1, -0.05) is 25.4 Å². The van der Waals surface area contributed by atoms with Crippen LogP contribution in [0, 0.1) is 5.92 Å². The van der Waals surface area contributed by atoms with Crippen molar-refractivity contribution < 1.29 is 33.0 Å². The second-order valence-electron chi connectivity index (χ2n) is 6.13. The van der Waals surface area contributed by atoms with Crippen LogP contribution in [0.5, 0.6) is 11.5 Å². The lowest BCUT2D eigenvalue weighted by molar-refractivity contribution is -0.123. The summed E-state index contributed by atoms with van der Waals surface area (Å²) >= 11 is 6.18. The van der Waals surface area contributed by atoms with Crippen LogP contribution in [0.1, 0.15) is 34.8 Å². The number of halogens is 1. The van der Waals surface area contributed by atoms with Crippen LogP contribution >= 0.6 is 11.6 Å². The van der Waals surface area contributed by atoms with Gasteiger partial charge in [0.1, 0.15) is 0 Å².